The fourth-order valence-electron chi connectivity index (χ4n) is 10.4. The Morgan fingerprint density at radius 2 is 1.96 bits per heavy atom. The maximum Gasteiger partial charge on any atom is 0.159 e. The molecule has 47 heavy (non-hydrogen) atoms. The number of benzene rings is 1. The number of allylic oxidation sites excluding steroid dienone is 1. The quantitative estimate of drug-likeness (QED) is 0.282. The largest absolute Gasteiger partial charge is 0.396 e. The third-order valence-corrected chi connectivity index (χ3v) is 12.5. The number of rotatable bonds is 7. The van der Waals surface area contributed by atoms with Crippen LogP contribution in [0, 0.1) is 46.2 Å². The molecule has 2 N–H and O–H groups in total. The number of halogens is 1. The summed E-state index contributed by atoms with van der Waals surface area (Å²) in [6.45, 7) is 4.42. The lowest BCUT2D eigenvalue weighted by atomic mass is 9.45. The second-order valence-electron chi connectivity index (χ2n) is 14.8. The van der Waals surface area contributed by atoms with Crippen LogP contribution in [0.4, 0.5) is 4.39 Å². The van der Waals surface area contributed by atoms with E-state index in [1.807, 2.05) is 23.0 Å². The van der Waals surface area contributed by atoms with Crippen molar-refractivity contribution in [2.45, 2.75) is 65.0 Å². The molecule has 0 radical (unpaired) electrons. The SMILES string of the molecule is CC12Cc3cnn(-c4ccc(F)cc4)c3C=C1CCC1C2[C@@H](O)CC2(C)C(C(CO)C(=O)Cn3cc(-c4cccnc4)nn3)CCC12. The van der Waals surface area contributed by atoms with Gasteiger partial charge in [0.15, 0.2) is 5.78 Å². The Hall–Kier alpha value is -4.02. The van der Waals surface area contributed by atoms with Crippen molar-refractivity contribution in [2.75, 3.05) is 6.61 Å². The standard InChI is InChI=1S/C37H41FN6O3/c1-36-15-23-18-40-44(26-8-6-25(38)7-9-26)32(23)14-24(36)5-10-27-29-11-12-30(37(29,2)16-33(46)35(27)36)28(21-45)34(47)20-43-19-31(41-42-43)22-4-3-13-39-17-22/h3-4,6-9,13-14,17-19,27-30,33,35,45-46H,5,10-12,15-16,20-21H2,1-2H3/t27?,28?,29?,30?,33-,35?,36?,37?/m0/s1. The van der Waals surface area contributed by atoms with Crippen LogP contribution in [0.3, 0.4) is 0 Å². The van der Waals surface area contributed by atoms with Gasteiger partial charge in [0, 0.05) is 23.9 Å². The van der Waals surface area contributed by atoms with Crippen LogP contribution >= 0.6 is 0 Å². The Morgan fingerprint density at radius 3 is 2.72 bits per heavy atom. The summed E-state index contributed by atoms with van der Waals surface area (Å²) in [5.74, 6) is -0.0536. The highest BCUT2D eigenvalue weighted by atomic mass is 19.1. The van der Waals surface area contributed by atoms with E-state index in [0.717, 1.165) is 54.6 Å². The highest BCUT2D eigenvalue weighted by molar-refractivity contribution is 5.81. The minimum Gasteiger partial charge on any atom is -0.396 e. The first-order valence-electron chi connectivity index (χ1n) is 16.9. The number of hydrogen-bond acceptors (Lipinski definition) is 7. The molecule has 8 atom stereocenters. The molecule has 3 saturated carbocycles. The lowest BCUT2D eigenvalue weighted by Gasteiger charge is -2.60. The van der Waals surface area contributed by atoms with E-state index in [1.165, 1.54) is 17.7 Å². The molecule has 0 spiro atoms. The summed E-state index contributed by atoms with van der Waals surface area (Å²) in [5, 5.41) is 35.8. The molecule has 0 aliphatic heterocycles. The summed E-state index contributed by atoms with van der Waals surface area (Å²) in [6, 6.07) is 10.2. The average molecular weight is 637 g/mol. The maximum atomic E-state index is 13.8. The Morgan fingerprint density at radius 1 is 1.13 bits per heavy atom. The molecule has 1 aromatic carbocycles. The zero-order valence-electron chi connectivity index (χ0n) is 26.8. The number of nitrogens with zero attached hydrogens (tertiary/aromatic N) is 6. The van der Waals surface area contributed by atoms with Crippen LogP contribution in [0.1, 0.15) is 57.2 Å². The van der Waals surface area contributed by atoms with Crippen LogP contribution in [0.25, 0.3) is 23.0 Å². The van der Waals surface area contributed by atoms with Crippen molar-refractivity contribution in [2.24, 2.45) is 40.4 Å². The van der Waals surface area contributed by atoms with Gasteiger partial charge in [-0.2, -0.15) is 5.10 Å². The number of carbonyl (C=O) groups is 1. The highest BCUT2D eigenvalue weighted by Crippen LogP contribution is 2.67. The van der Waals surface area contributed by atoms with E-state index in [2.05, 4.69) is 35.2 Å². The molecule has 3 aromatic heterocycles. The number of aliphatic hydroxyl groups excluding tert-OH is 2. The van der Waals surface area contributed by atoms with Crippen LogP contribution in [-0.4, -0.2) is 58.5 Å². The van der Waals surface area contributed by atoms with E-state index in [-0.39, 0.29) is 47.4 Å². The summed E-state index contributed by atoms with van der Waals surface area (Å²) in [5.41, 5.74) is 5.41. The van der Waals surface area contributed by atoms with Gasteiger partial charge in [0.2, 0.25) is 0 Å². The molecule has 244 valence electrons. The Labute approximate surface area is 273 Å². The first-order valence-corrected chi connectivity index (χ1v) is 16.9. The molecule has 4 aliphatic rings. The van der Waals surface area contributed by atoms with Crippen molar-refractivity contribution in [1.29, 1.82) is 0 Å². The highest BCUT2D eigenvalue weighted by Gasteiger charge is 2.63. The summed E-state index contributed by atoms with van der Waals surface area (Å²) >= 11 is 0. The Balaban J connectivity index is 1.03. The number of carbonyl (C=O) groups excluding carboxylic acids is 1. The van der Waals surface area contributed by atoms with Gasteiger partial charge in [-0.25, -0.2) is 13.8 Å². The molecule has 0 amide bonds. The molecule has 9 nitrogen and oxygen atoms in total. The van der Waals surface area contributed by atoms with Crippen LogP contribution in [0.5, 0.6) is 0 Å². The van der Waals surface area contributed by atoms with Crippen LogP contribution in [0.15, 0.2) is 66.8 Å². The van der Waals surface area contributed by atoms with Crippen molar-refractivity contribution in [1.82, 2.24) is 29.8 Å². The lowest BCUT2D eigenvalue weighted by molar-refractivity contribution is -0.143. The molecule has 0 saturated heterocycles. The minimum absolute atomic E-state index is 0.0152. The molecule has 8 rings (SSSR count). The van der Waals surface area contributed by atoms with Gasteiger partial charge in [-0.15, -0.1) is 5.10 Å². The van der Waals surface area contributed by atoms with Gasteiger partial charge >= 0.3 is 0 Å². The third kappa shape index (κ3) is 4.82. The topological polar surface area (TPSA) is 119 Å². The predicted octanol–water partition coefficient (Wildman–Crippen LogP) is 5.31. The first kappa shape index (κ1) is 30.3. The van der Waals surface area contributed by atoms with Gasteiger partial charge in [0.25, 0.3) is 0 Å². The number of ketones is 1. The second kappa shape index (κ2) is 11.3. The number of pyridine rings is 1. The molecular formula is C37H41FN6O3. The molecular weight excluding hydrogens is 595 g/mol. The smallest absolute Gasteiger partial charge is 0.159 e. The summed E-state index contributed by atoms with van der Waals surface area (Å²) in [7, 11) is 0. The Bertz CT molecular complexity index is 1840. The number of aromatic nitrogens is 6. The number of hydrogen-bond donors (Lipinski definition) is 2. The van der Waals surface area contributed by atoms with E-state index in [1.54, 1.807) is 35.4 Å². The molecule has 4 aromatic rings. The van der Waals surface area contributed by atoms with Gasteiger partial charge in [0.05, 0.1) is 36.5 Å². The fourth-order valence-corrected chi connectivity index (χ4v) is 10.4. The maximum absolute atomic E-state index is 13.8. The van der Waals surface area contributed by atoms with Crippen molar-refractivity contribution < 1.29 is 19.4 Å². The van der Waals surface area contributed by atoms with E-state index in [0.29, 0.717) is 24.0 Å². The van der Waals surface area contributed by atoms with Crippen LogP contribution in [-0.2, 0) is 17.8 Å². The molecule has 0 bridgehead atoms. The summed E-state index contributed by atoms with van der Waals surface area (Å²) in [6.07, 6.45) is 14.1. The van der Waals surface area contributed by atoms with E-state index in [9.17, 15) is 19.4 Å². The minimum atomic E-state index is -0.524. The van der Waals surface area contributed by atoms with E-state index < -0.39 is 12.0 Å². The van der Waals surface area contributed by atoms with Gasteiger partial charge in [0.1, 0.15) is 18.1 Å². The van der Waals surface area contributed by atoms with Gasteiger partial charge in [-0.05, 0) is 121 Å². The van der Waals surface area contributed by atoms with Gasteiger partial charge in [-0.1, -0.05) is 24.6 Å². The number of aliphatic hydroxyl groups is 2. The number of Topliss-reactive ketones (excluding diaryl/α,β-unsaturated/α-hetero) is 1. The van der Waals surface area contributed by atoms with Crippen molar-refractivity contribution in [3.63, 3.8) is 0 Å². The third-order valence-electron chi connectivity index (χ3n) is 12.5. The first-order chi connectivity index (χ1) is 22.7. The molecule has 10 heteroatoms. The van der Waals surface area contributed by atoms with E-state index >= 15 is 0 Å². The monoisotopic (exact) mass is 636 g/mol. The van der Waals surface area contributed by atoms with Crippen molar-refractivity contribution in [3.8, 4) is 16.9 Å². The van der Waals surface area contributed by atoms with Crippen molar-refractivity contribution in [3.05, 3.63) is 83.8 Å². The molecule has 7 unspecified atom stereocenters. The zero-order chi connectivity index (χ0) is 32.5. The second-order valence-corrected chi connectivity index (χ2v) is 14.8. The molecule has 4 aliphatic carbocycles. The summed E-state index contributed by atoms with van der Waals surface area (Å²) < 4.78 is 17.1. The Kier molecular flexibility index (Phi) is 7.29. The van der Waals surface area contributed by atoms with E-state index in [4.69, 9.17) is 5.10 Å². The average Bonchev–Trinajstić information content (AvgIpc) is 3.78. The zero-order valence-corrected chi connectivity index (χ0v) is 26.8. The van der Waals surface area contributed by atoms with Crippen molar-refractivity contribution >= 4 is 11.9 Å². The normalized spacial score (nSPS) is 31.7. The van der Waals surface area contributed by atoms with Crippen LogP contribution < -0.4 is 0 Å². The predicted molar refractivity (Wildman–Crippen MR) is 173 cm³/mol. The molecule has 3 heterocycles. The molecule has 3 fully saturated rings. The van der Waals surface area contributed by atoms with Gasteiger partial charge < -0.3 is 10.2 Å². The fraction of sp³-hybridized carbons (Fsp3) is 0.486. The van der Waals surface area contributed by atoms with Gasteiger partial charge in [-0.3, -0.25) is 9.78 Å². The number of fused-ring (bicyclic) bond motifs is 6. The lowest BCUT2D eigenvalue weighted by Crippen LogP contribution is -2.57. The van der Waals surface area contributed by atoms with Crippen LogP contribution in [0.2, 0.25) is 0 Å². The summed E-state index contributed by atoms with van der Waals surface area (Å²) in [4.78, 5) is 17.9.